The second-order valence-electron chi connectivity index (χ2n) is 7.63. The van der Waals surface area contributed by atoms with Crippen LogP contribution in [0.3, 0.4) is 0 Å². The van der Waals surface area contributed by atoms with E-state index >= 15 is 0 Å². The summed E-state index contributed by atoms with van der Waals surface area (Å²) in [4.78, 5) is 12.4. The maximum atomic E-state index is 12.8. The van der Waals surface area contributed by atoms with E-state index < -0.39 is 7.60 Å². The van der Waals surface area contributed by atoms with Crippen molar-refractivity contribution in [3.8, 4) is 0 Å². The average molecular weight is 468 g/mol. The lowest BCUT2D eigenvalue weighted by Gasteiger charge is -2.22. The topological polar surface area (TPSA) is 114 Å². The smallest absolute Gasteiger partial charge is 0.356 e. The van der Waals surface area contributed by atoms with Crippen molar-refractivity contribution in [3.05, 3.63) is 46.9 Å². The third-order valence-electron chi connectivity index (χ3n) is 4.08. The number of anilines is 1. The summed E-state index contributed by atoms with van der Waals surface area (Å²) in [5.41, 5.74) is 8.76. The molecule has 0 fully saturated rings. The number of nitrogen functional groups attached to an aromatic ring is 1. The fourth-order valence-corrected chi connectivity index (χ4v) is 4.97. The predicted octanol–water partition coefficient (Wildman–Crippen LogP) is 4.63. The Morgan fingerprint density at radius 1 is 1.06 bits per heavy atom. The van der Waals surface area contributed by atoms with Crippen molar-refractivity contribution in [3.63, 3.8) is 0 Å². The highest BCUT2D eigenvalue weighted by molar-refractivity contribution is 7.53. The molecule has 0 aliphatic heterocycles. The van der Waals surface area contributed by atoms with Crippen LogP contribution in [0.1, 0.15) is 38.8 Å². The SMILES string of the molecule is CC(C)OP(=O)(COCc1ccc(Cn2cnc3c(Cl)nc(N)nc32)cc1)OC(C)C. The Hall–Kier alpha value is -2.03. The summed E-state index contributed by atoms with van der Waals surface area (Å²) in [6.45, 7) is 8.09. The van der Waals surface area contributed by atoms with Crippen molar-refractivity contribution >= 4 is 36.3 Å². The van der Waals surface area contributed by atoms with Crippen LogP contribution in [0.4, 0.5) is 5.95 Å². The van der Waals surface area contributed by atoms with Crippen molar-refractivity contribution in [1.29, 1.82) is 0 Å². The lowest BCUT2D eigenvalue weighted by molar-refractivity contribution is 0.0931. The van der Waals surface area contributed by atoms with Gasteiger partial charge in [-0.2, -0.15) is 9.97 Å². The average Bonchev–Trinajstić information content (AvgIpc) is 3.04. The van der Waals surface area contributed by atoms with Crippen LogP contribution < -0.4 is 5.73 Å². The molecule has 3 aromatic rings. The first kappa shape index (κ1) is 23.6. The van der Waals surface area contributed by atoms with Gasteiger partial charge in [-0.3, -0.25) is 4.57 Å². The molecule has 0 aliphatic rings. The summed E-state index contributed by atoms with van der Waals surface area (Å²) in [5, 5.41) is 0.230. The monoisotopic (exact) mass is 467 g/mol. The maximum absolute atomic E-state index is 12.8. The number of nitrogens with two attached hydrogens (primary N) is 1. The Balaban J connectivity index is 1.61. The van der Waals surface area contributed by atoms with Crippen molar-refractivity contribution < 1.29 is 18.3 Å². The second kappa shape index (κ2) is 10.1. The van der Waals surface area contributed by atoms with Gasteiger partial charge in [-0.15, -0.1) is 0 Å². The van der Waals surface area contributed by atoms with Gasteiger partial charge in [-0.05, 0) is 38.8 Å². The molecule has 2 heterocycles. The minimum atomic E-state index is -3.31. The molecular weight excluding hydrogens is 441 g/mol. The number of aromatic nitrogens is 4. The van der Waals surface area contributed by atoms with E-state index in [1.165, 1.54) is 0 Å². The molecule has 9 nitrogen and oxygen atoms in total. The Labute approximate surface area is 186 Å². The standard InChI is InChI=1S/C20H27ClN5O4P/c1-13(2)29-31(27,30-14(3)4)12-28-10-16-7-5-15(6-8-16)9-26-11-23-17-18(21)24-20(22)25-19(17)26/h5-8,11,13-14H,9-10,12H2,1-4H3,(H2,22,24,25). The Morgan fingerprint density at radius 3 is 2.29 bits per heavy atom. The summed E-state index contributed by atoms with van der Waals surface area (Å²) >= 11 is 6.08. The molecule has 0 unspecified atom stereocenters. The van der Waals surface area contributed by atoms with E-state index in [4.69, 9.17) is 31.1 Å². The van der Waals surface area contributed by atoms with Gasteiger partial charge in [-0.1, -0.05) is 35.9 Å². The van der Waals surface area contributed by atoms with E-state index in [0.29, 0.717) is 24.3 Å². The molecule has 3 rings (SSSR count). The number of nitrogens with zero attached hydrogens (tertiary/aromatic N) is 4. The molecule has 1 aromatic carbocycles. The quantitative estimate of drug-likeness (QED) is 0.339. The molecule has 31 heavy (non-hydrogen) atoms. The number of rotatable bonds is 10. The van der Waals surface area contributed by atoms with Crippen molar-refractivity contribution in [2.45, 2.75) is 53.1 Å². The van der Waals surface area contributed by atoms with Crippen LogP contribution in [0, 0.1) is 0 Å². The third-order valence-corrected chi connectivity index (χ3v) is 6.32. The zero-order valence-electron chi connectivity index (χ0n) is 18.0. The first-order valence-corrected chi connectivity index (χ1v) is 12.0. The Kier molecular flexibility index (Phi) is 7.67. The van der Waals surface area contributed by atoms with Gasteiger partial charge in [0.05, 0.1) is 31.7 Å². The van der Waals surface area contributed by atoms with E-state index in [1.54, 1.807) is 6.33 Å². The molecule has 0 amide bonds. The number of fused-ring (bicyclic) bond motifs is 1. The van der Waals surface area contributed by atoms with Crippen LogP contribution in [-0.2, 0) is 31.5 Å². The number of hydrogen-bond acceptors (Lipinski definition) is 8. The van der Waals surface area contributed by atoms with Crippen molar-refractivity contribution in [2.75, 3.05) is 12.1 Å². The lowest BCUT2D eigenvalue weighted by atomic mass is 10.1. The highest BCUT2D eigenvalue weighted by atomic mass is 35.5. The van der Waals surface area contributed by atoms with E-state index in [2.05, 4.69) is 15.0 Å². The van der Waals surface area contributed by atoms with Crippen molar-refractivity contribution in [1.82, 2.24) is 19.5 Å². The van der Waals surface area contributed by atoms with E-state index in [0.717, 1.165) is 11.1 Å². The van der Waals surface area contributed by atoms with Crippen LogP contribution in [0.25, 0.3) is 11.2 Å². The normalized spacial score (nSPS) is 12.4. The van der Waals surface area contributed by atoms with Gasteiger partial charge in [0.1, 0.15) is 11.9 Å². The Bertz CT molecular complexity index is 1060. The highest BCUT2D eigenvalue weighted by Gasteiger charge is 2.28. The first-order valence-electron chi connectivity index (χ1n) is 9.90. The zero-order chi connectivity index (χ0) is 22.6. The maximum Gasteiger partial charge on any atom is 0.356 e. The van der Waals surface area contributed by atoms with Crippen LogP contribution in [0.15, 0.2) is 30.6 Å². The van der Waals surface area contributed by atoms with Gasteiger partial charge in [0.25, 0.3) is 0 Å². The van der Waals surface area contributed by atoms with Gasteiger partial charge < -0.3 is 24.1 Å². The fraction of sp³-hybridized carbons (Fsp3) is 0.450. The largest absolute Gasteiger partial charge is 0.368 e. The molecule has 168 valence electrons. The molecule has 0 aliphatic carbocycles. The molecule has 2 aromatic heterocycles. The molecular formula is C20H27ClN5O4P. The number of halogens is 1. The lowest BCUT2D eigenvalue weighted by Crippen LogP contribution is -2.11. The fourth-order valence-electron chi connectivity index (χ4n) is 2.98. The summed E-state index contributed by atoms with van der Waals surface area (Å²) in [6.07, 6.45) is 1.11. The highest BCUT2D eigenvalue weighted by Crippen LogP contribution is 2.50. The van der Waals surface area contributed by atoms with Gasteiger partial charge in [-0.25, -0.2) is 4.98 Å². The van der Waals surface area contributed by atoms with Gasteiger partial charge in [0, 0.05) is 0 Å². The third kappa shape index (κ3) is 6.48. The van der Waals surface area contributed by atoms with Crippen LogP contribution in [0.5, 0.6) is 0 Å². The zero-order valence-corrected chi connectivity index (χ0v) is 19.6. The predicted molar refractivity (Wildman–Crippen MR) is 120 cm³/mol. The van der Waals surface area contributed by atoms with E-state index in [-0.39, 0.29) is 29.7 Å². The molecule has 0 spiro atoms. The van der Waals surface area contributed by atoms with Crippen molar-refractivity contribution in [2.24, 2.45) is 0 Å². The first-order chi connectivity index (χ1) is 14.6. The number of hydrogen-bond donors (Lipinski definition) is 1. The summed E-state index contributed by atoms with van der Waals surface area (Å²) in [5.74, 6) is 0.104. The molecule has 0 saturated heterocycles. The molecule has 0 saturated carbocycles. The van der Waals surface area contributed by atoms with Gasteiger partial charge >= 0.3 is 7.60 Å². The number of ether oxygens (including phenoxy) is 1. The minimum absolute atomic E-state index is 0.103. The van der Waals surface area contributed by atoms with E-state index in [9.17, 15) is 4.57 Å². The summed E-state index contributed by atoms with van der Waals surface area (Å²) < 4.78 is 31.3. The summed E-state index contributed by atoms with van der Waals surface area (Å²) in [6, 6.07) is 7.85. The van der Waals surface area contributed by atoms with Gasteiger partial charge in [0.2, 0.25) is 5.95 Å². The molecule has 0 radical (unpaired) electrons. The summed E-state index contributed by atoms with van der Waals surface area (Å²) in [7, 11) is -3.31. The van der Waals surface area contributed by atoms with Crippen LogP contribution in [-0.4, -0.2) is 38.1 Å². The molecule has 0 bridgehead atoms. The second-order valence-corrected chi connectivity index (χ2v) is 9.89. The minimum Gasteiger partial charge on any atom is -0.368 e. The van der Waals surface area contributed by atoms with Crippen LogP contribution >= 0.6 is 19.2 Å². The molecule has 0 atom stereocenters. The van der Waals surface area contributed by atoms with E-state index in [1.807, 2.05) is 56.5 Å². The van der Waals surface area contributed by atoms with Crippen LogP contribution in [0.2, 0.25) is 5.15 Å². The number of benzene rings is 1. The number of imidazole rings is 1. The van der Waals surface area contributed by atoms with Gasteiger partial charge in [0.15, 0.2) is 10.8 Å². The molecule has 11 heteroatoms. The Morgan fingerprint density at radius 2 is 1.68 bits per heavy atom. The molecule has 2 N–H and O–H groups in total.